The maximum Gasteiger partial charge on any atom is 0.287 e. The number of aliphatic hydroxyl groups excluding tert-OH is 1. The van der Waals surface area contributed by atoms with E-state index in [0.29, 0.717) is 11.3 Å². The van der Waals surface area contributed by atoms with E-state index in [4.69, 9.17) is 20.0 Å². The van der Waals surface area contributed by atoms with Gasteiger partial charge in [0.05, 0.1) is 19.3 Å². The Morgan fingerprint density at radius 1 is 1.53 bits per heavy atom. The van der Waals surface area contributed by atoms with E-state index >= 15 is 0 Å². The number of hydrogen-bond donors (Lipinski definition) is 3. The van der Waals surface area contributed by atoms with Gasteiger partial charge < -0.3 is 25.3 Å². The summed E-state index contributed by atoms with van der Waals surface area (Å²) in [4.78, 5) is 11.9. The van der Waals surface area contributed by atoms with Crippen LogP contribution in [0.25, 0.3) is 11.0 Å². The lowest BCUT2D eigenvalue weighted by Crippen LogP contribution is -2.40. The minimum atomic E-state index is -0.462. The molecule has 2 aromatic rings. The average Bonchev–Trinajstić information content (AvgIpc) is 2.81. The molecule has 1 aromatic heterocycles. The van der Waals surface area contributed by atoms with Crippen LogP contribution in [0.4, 0.5) is 5.69 Å². The first-order valence-electron chi connectivity index (χ1n) is 5.83. The van der Waals surface area contributed by atoms with E-state index in [2.05, 4.69) is 5.32 Å². The molecule has 0 fully saturated rings. The summed E-state index contributed by atoms with van der Waals surface area (Å²) in [6.07, 6.45) is 0. The van der Waals surface area contributed by atoms with Crippen LogP contribution in [0.2, 0.25) is 0 Å². The third-order valence-corrected chi connectivity index (χ3v) is 2.69. The number of nitrogen functional groups attached to an aromatic ring is 1. The Labute approximate surface area is 110 Å². The lowest BCUT2D eigenvalue weighted by Gasteiger charge is -2.13. The molecule has 1 amide bonds. The molecule has 102 valence electrons. The number of hydrogen-bond acceptors (Lipinski definition) is 5. The van der Waals surface area contributed by atoms with Gasteiger partial charge in [-0.25, -0.2) is 0 Å². The van der Waals surface area contributed by atoms with Crippen molar-refractivity contribution < 1.29 is 19.1 Å². The molecule has 6 nitrogen and oxygen atoms in total. The monoisotopic (exact) mass is 264 g/mol. The van der Waals surface area contributed by atoms with Crippen molar-refractivity contribution in [1.82, 2.24) is 5.32 Å². The molecular weight excluding hydrogens is 248 g/mol. The second-order valence-corrected chi connectivity index (χ2v) is 4.22. The number of carbonyl (C=O) groups is 1. The van der Waals surface area contributed by atoms with E-state index in [9.17, 15) is 4.79 Å². The third-order valence-electron chi connectivity index (χ3n) is 2.69. The fraction of sp³-hybridized carbons (Fsp3) is 0.308. The van der Waals surface area contributed by atoms with Gasteiger partial charge in [0.1, 0.15) is 5.58 Å². The maximum atomic E-state index is 11.9. The highest BCUT2D eigenvalue weighted by molar-refractivity contribution is 5.96. The molecule has 1 aromatic carbocycles. The van der Waals surface area contributed by atoms with Crippen LogP contribution in [0.5, 0.6) is 0 Å². The van der Waals surface area contributed by atoms with Crippen LogP contribution < -0.4 is 11.1 Å². The van der Waals surface area contributed by atoms with Crippen LogP contribution in [0, 0.1) is 0 Å². The van der Waals surface area contributed by atoms with Crippen molar-refractivity contribution in [2.24, 2.45) is 0 Å². The highest BCUT2D eigenvalue weighted by atomic mass is 16.5. The molecule has 1 unspecified atom stereocenters. The van der Waals surface area contributed by atoms with Crippen LogP contribution in [-0.4, -0.2) is 37.4 Å². The second kappa shape index (κ2) is 5.73. The number of carbonyl (C=O) groups excluding carboxylic acids is 1. The zero-order valence-electron chi connectivity index (χ0n) is 10.6. The van der Waals surface area contributed by atoms with Crippen molar-refractivity contribution in [1.29, 1.82) is 0 Å². The van der Waals surface area contributed by atoms with Crippen LogP contribution in [0.3, 0.4) is 0 Å². The highest BCUT2D eigenvalue weighted by Gasteiger charge is 2.16. The lowest BCUT2D eigenvalue weighted by atomic mass is 10.2. The largest absolute Gasteiger partial charge is 0.451 e. The van der Waals surface area contributed by atoms with E-state index in [1.807, 2.05) is 0 Å². The molecule has 1 atom stereocenters. The number of rotatable bonds is 5. The quantitative estimate of drug-likeness (QED) is 0.692. The van der Waals surface area contributed by atoms with Crippen molar-refractivity contribution in [2.75, 3.05) is 26.1 Å². The number of amides is 1. The van der Waals surface area contributed by atoms with Gasteiger partial charge in [-0.3, -0.25) is 4.79 Å². The average molecular weight is 264 g/mol. The van der Waals surface area contributed by atoms with Crippen molar-refractivity contribution in [2.45, 2.75) is 6.04 Å². The molecule has 4 N–H and O–H groups in total. The molecule has 0 aliphatic carbocycles. The number of ether oxygens (including phenoxy) is 1. The smallest absolute Gasteiger partial charge is 0.287 e. The van der Waals surface area contributed by atoms with Crippen LogP contribution in [0.1, 0.15) is 10.6 Å². The topological polar surface area (TPSA) is 97.7 Å². The summed E-state index contributed by atoms with van der Waals surface area (Å²) < 4.78 is 10.3. The fourth-order valence-electron chi connectivity index (χ4n) is 1.77. The number of benzene rings is 1. The number of nitrogens with two attached hydrogens (primary N) is 1. The Morgan fingerprint density at radius 2 is 2.32 bits per heavy atom. The van der Waals surface area contributed by atoms with Crippen molar-refractivity contribution in [3.8, 4) is 0 Å². The summed E-state index contributed by atoms with van der Waals surface area (Å²) >= 11 is 0. The van der Waals surface area contributed by atoms with Gasteiger partial charge in [0, 0.05) is 18.2 Å². The minimum absolute atomic E-state index is 0.176. The standard InChI is InChI=1S/C13H16N2O4/c1-18-7-10(6-16)15-13(17)12-5-8-4-9(14)2-3-11(8)19-12/h2-5,10,16H,6-7,14H2,1H3,(H,15,17). The fourth-order valence-corrected chi connectivity index (χ4v) is 1.77. The highest BCUT2D eigenvalue weighted by Crippen LogP contribution is 2.21. The molecule has 2 rings (SSSR count). The van der Waals surface area contributed by atoms with Crippen molar-refractivity contribution in [3.05, 3.63) is 30.0 Å². The van der Waals surface area contributed by atoms with E-state index in [0.717, 1.165) is 5.39 Å². The molecule has 6 heteroatoms. The normalized spacial score (nSPS) is 12.5. The number of anilines is 1. The SMILES string of the molecule is COCC(CO)NC(=O)c1cc2cc(N)ccc2o1. The first-order valence-corrected chi connectivity index (χ1v) is 5.83. The molecule has 1 heterocycles. The third kappa shape index (κ3) is 3.04. The van der Waals surface area contributed by atoms with Gasteiger partial charge in [-0.1, -0.05) is 0 Å². The van der Waals surface area contributed by atoms with Gasteiger partial charge in [-0.2, -0.15) is 0 Å². The van der Waals surface area contributed by atoms with Crippen LogP contribution >= 0.6 is 0 Å². The Balaban J connectivity index is 2.17. The summed E-state index contributed by atoms with van der Waals surface area (Å²) in [6.45, 7) is 0.0299. The number of furan rings is 1. The molecule has 0 radical (unpaired) electrons. The number of aliphatic hydroxyl groups is 1. The predicted molar refractivity (Wildman–Crippen MR) is 70.8 cm³/mol. The molecular formula is C13H16N2O4. The number of fused-ring (bicyclic) bond motifs is 1. The van der Waals surface area contributed by atoms with E-state index in [-0.39, 0.29) is 19.0 Å². The van der Waals surface area contributed by atoms with Gasteiger partial charge in [0.2, 0.25) is 0 Å². The first-order chi connectivity index (χ1) is 9.13. The molecule has 0 spiro atoms. The van der Waals surface area contributed by atoms with Gasteiger partial charge in [0.15, 0.2) is 5.76 Å². The van der Waals surface area contributed by atoms with Crippen molar-refractivity contribution >= 4 is 22.6 Å². The molecule has 0 saturated heterocycles. The molecule has 0 aliphatic rings. The lowest BCUT2D eigenvalue weighted by molar-refractivity contribution is 0.0816. The van der Waals surface area contributed by atoms with E-state index in [1.165, 1.54) is 7.11 Å². The first kappa shape index (κ1) is 13.4. The van der Waals surface area contributed by atoms with E-state index < -0.39 is 11.9 Å². The molecule has 19 heavy (non-hydrogen) atoms. The Morgan fingerprint density at radius 3 is 3.00 bits per heavy atom. The Kier molecular flexibility index (Phi) is 4.03. The summed E-state index contributed by atoms with van der Waals surface area (Å²) in [6, 6.07) is 6.29. The van der Waals surface area contributed by atoms with Gasteiger partial charge in [0.25, 0.3) is 5.91 Å². The summed E-state index contributed by atoms with van der Waals surface area (Å²) in [5.41, 5.74) is 6.85. The predicted octanol–water partition coefficient (Wildman–Crippen LogP) is 0.752. The van der Waals surface area contributed by atoms with Crippen LogP contribution in [-0.2, 0) is 4.74 Å². The molecule has 0 aliphatic heterocycles. The maximum absolute atomic E-state index is 11.9. The van der Waals surface area contributed by atoms with Crippen LogP contribution in [0.15, 0.2) is 28.7 Å². The molecule has 0 saturated carbocycles. The second-order valence-electron chi connectivity index (χ2n) is 4.22. The van der Waals surface area contributed by atoms with Gasteiger partial charge >= 0.3 is 0 Å². The zero-order chi connectivity index (χ0) is 13.8. The number of methoxy groups -OCH3 is 1. The van der Waals surface area contributed by atoms with Crippen molar-refractivity contribution in [3.63, 3.8) is 0 Å². The Bertz CT molecular complexity index is 579. The molecule has 0 bridgehead atoms. The number of nitrogens with one attached hydrogen (secondary N) is 1. The Hall–Kier alpha value is -2.05. The van der Waals surface area contributed by atoms with Gasteiger partial charge in [-0.15, -0.1) is 0 Å². The summed E-state index contributed by atoms with van der Waals surface area (Å²) in [5.74, 6) is -0.221. The summed E-state index contributed by atoms with van der Waals surface area (Å²) in [7, 11) is 1.50. The minimum Gasteiger partial charge on any atom is -0.451 e. The van der Waals surface area contributed by atoms with E-state index in [1.54, 1.807) is 24.3 Å². The zero-order valence-corrected chi connectivity index (χ0v) is 10.6. The summed E-state index contributed by atoms with van der Waals surface area (Å²) in [5, 5.41) is 12.5. The van der Waals surface area contributed by atoms with Gasteiger partial charge in [-0.05, 0) is 24.3 Å².